The Kier molecular flexibility index (Phi) is 4.36. The lowest BCUT2D eigenvalue weighted by atomic mass is 10.0. The first-order chi connectivity index (χ1) is 19.9. The molecule has 0 aliphatic heterocycles. The van der Waals surface area contributed by atoms with Crippen LogP contribution in [-0.4, -0.2) is 9.13 Å². The molecule has 40 heavy (non-hydrogen) atoms. The number of benzene rings is 7. The summed E-state index contributed by atoms with van der Waals surface area (Å²) in [5.74, 6) is 0. The smallest absolute Gasteiger partial charge is 0.0789 e. The highest BCUT2D eigenvalue weighted by Crippen LogP contribution is 2.44. The van der Waals surface area contributed by atoms with E-state index in [-0.39, 0.29) is 0 Å². The van der Waals surface area contributed by atoms with Crippen LogP contribution in [0.5, 0.6) is 0 Å². The van der Waals surface area contributed by atoms with Crippen molar-refractivity contribution in [2.75, 3.05) is 0 Å². The molecular formula is C38H24N2. The van der Waals surface area contributed by atoms with E-state index in [2.05, 4.69) is 155 Å². The number of para-hydroxylation sites is 2. The van der Waals surface area contributed by atoms with Gasteiger partial charge in [0.05, 0.1) is 22.1 Å². The number of nitrogens with zero attached hydrogens (tertiary/aromatic N) is 2. The van der Waals surface area contributed by atoms with Crippen molar-refractivity contribution in [3.63, 3.8) is 0 Å². The molecule has 0 saturated carbocycles. The number of fused-ring (bicyclic) bond motifs is 11. The van der Waals surface area contributed by atoms with Crippen molar-refractivity contribution in [3.8, 4) is 11.4 Å². The summed E-state index contributed by atoms with van der Waals surface area (Å²) in [5, 5.41) is 10.2. The topological polar surface area (TPSA) is 9.86 Å². The van der Waals surface area contributed by atoms with E-state index in [1.54, 1.807) is 0 Å². The van der Waals surface area contributed by atoms with Gasteiger partial charge in [-0.2, -0.15) is 0 Å². The number of rotatable bonds is 2. The molecule has 2 nitrogen and oxygen atoms in total. The van der Waals surface area contributed by atoms with Crippen LogP contribution in [-0.2, 0) is 0 Å². The second kappa shape index (κ2) is 8.08. The van der Waals surface area contributed by atoms with Gasteiger partial charge in [-0.25, -0.2) is 0 Å². The Balaban J connectivity index is 1.63. The first-order valence-corrected chi connectivity index (χ1v) is 13.8. The van der Waals surface area contributed by atoms with Crippen molar-refractivity contribution in [2.24, 2.45) is 0 Å². The van der Waals surface area contributed by atoms with Crippen LogP contribution < -0.4 is 0 Å². The van der Waals surface area contributed by atoms with Crippen molar-refractivity contribution >= 4 is 65.2 Å². The fourth-order valence-corrected chi connectivity index (χ4v) is 6.81. The second-order valence-electron chi connectivity index (χ2n) is 10.6. The molecule has 0 aliphatic rings. The molecule has 0 fully saturated rings. The maximum absolute atomic E-state index is 2.50. The molecule has 9 aromatic rings. The first kappa shape index (κ1) is 21.6. The number of aromatic nitrogens is 2. The molecule has 0 radical (unpaired) electrons. The van der Waals surface area contributed by atoms with Crippen LogP contribution in [0.3, 0.4) is 0 Å². The highest BCUT2D eigenvalue weighted by Gasteiger charge is 2.23. The zero-order valence-electron chi connectivity index (χ0n) is 21.8. The van der Waals surface area contributed by atoms with E-state index in [0.717, 1.165) is 0 Å². The third-order valence-electron chi connectivity index (χ3n) is 8.46. The van der Waals surface area contributed by atoms with Gasteiger partial charge in [0.1, 0.15) is 0 Å². The Morgan fingerprint density at radius 3 is 1.55 bits per heavy atom. The maximum atomic E-state index is 2.50. The molecule has 0 atom stereocenters. The van der Waals surface area contributed by atoms with Crippen molar-refractivity contribution in [3.05, 3.63) is 146 Å². The van der Waals surface area contributed by atoms with E-state index < -0.39 is 0 Å². The van der Waals surface area contributed by atoms with Crippen molar-refractivity contribution in [1.82, 2.24) is 9.13 Å². The summed E-state index contributed by atoms with van der Waals surface area (Å²) in [7, 11) is 0. The molecule has 0 aliphatic carbocycles. The van der Waals surface area contributed by atoms with Crippen LogP contribution in [0.2, 0.25) is 0 Å². The van der Waals surface area contributed by atoms with E-state index in [9.17, 15) is 0 Å². The van der Waals surface area contributed by atoms with Crippen LogP contribution in [0, 0.1) is 0 Å². The van der Waals surface area contributed by atoms with Gasteiger partial charge in [-0.15, -0.1) is 0 Å². The molecular weight excluding hydrogens is 484 g/mol. The minimum Gasteiger partial charge on any atom is -0.307 e. The van der Waals surface area contributed by atoms with Gasteiger partial charge in [0.15, 0.2) is 0 Å². The van der Waals surface area contributed by atoms with E-state index in [1.807, 2.05) is 0 Å². The van der Waals surface area contributed by atoms with Gasteiger partial charge in [0.2, 0.25) is 0 Å². The molecule has 0 saturated heterocycles. The molecule has 2 aromatic heterocycles. The molecule has 0 bridgehead atoms. The molecule has 0 unspecified atom stereocenters. The Hall–Kier alpha value is -5.34. The fourth-order valence-electron chi connectivity index (χ4n) is 6.81. The summed E-state index contributed by atoms with van der Waals surface area (Å²) < 4.78 is 4.97. The van der Waals surface area contributed by atoms with Crippen LogP contribution >= 0.6 is 0 Å². The van der Waals surface area contributed by atoms with Gasteiger partial charge in [0, 0.05) is 38.3 Å². The molecule has 2 heteroatoms. The predicted molar refractivity (Wildman–Crippen MR) is 170 cm³/mol. The van der Waals surface area contributed by atoms with Crippen LogP contribution in [0.15, 0.2) is 146 Å². The van der Waals surface area contributed by atoms with E-state index in [1.165, 1.54) is 76.5 Å². The average molecular weight is 509 g/mol. The summed E-state index contributed by atoms with van der Waals surface area (Å²) >= 11 is 0. The van der Waals surface area contributed by atoms with Gasteiger partial charge < -0.3 is 9.13 Å². The Bertz CT molecular complexity index is 2410. The van der Waals surface area contributed by atoms with Gasteiger partial charge >= 0.3 is 0 Å². The Morgan fingerprint density at radius 1 is 0.300 bits per heavy atom. The van der Waals surface area contributed by atoms with Gasteiger partial charge in [-0.05, 0) is 46.5 Å². The Morgan fingerprint density at radius 2 is 0.800 bits per heavy atom. The van der Waals surface area contributed by atoms with Crippen molar-refractivity contribution in [2.45, 2.75) is 0 Å². The zero-order valence-corrected chi connectivity index (χ0v) is 21.8. The van der Waals surface area contributed by atoms with Crippen molar-refractivity contribution in [1.29, 1.82) is 0 Å². The number of hydrogen-bond donors (Lipinski definition) is 0. The summed E-state index contributed by atoms with van der Waals surface area (Å²) in [4.78, 5) is 0. The lowest BCUT2D eigenvalue weighted by molar-refractivity contribution is 1.15. The summed E-state index contributed by atoms with van der Waals surface area (Å²) in [6.07, 6.45) is 0. The highest BCUT2D eigenvalue weighted by atomic mass is 15.0. The SMILES string of the molecule is c1ccc(-n2c3ccc4ccccc4c3c3ccc4c5ccc6ccccc6c5n(-c5ccccc5)c4c32)cc1. The standard InChI is InChI=1S/C38H24N2/c1-3-13-27(14-4-1)39-34-24-20-25-11-7-9-17-29(25)35(34)33-23-22-32-31-21-19-26-12-8-10-18-30(26)36(31)40(37(32)38(33)39)28-15-5-2-6-16-28/h1-24H. The monoisotopic (exact) mass is 508 g/mol. The van der Waals surface area contributed by atoms with Gasteiger partial charge in [-0.3, -0.25) is 0 Å². The molecule has 0 spiro atoms. The molecule has 9 rings (SSSR count). The second-order valence-corrected chi connectivity index (χ2v) is 10.6. The van der Waals surface area contributed by atoms with E-state index in [0.29, 0.717) is 0 Å². The van der Waals surface area contributed by atoms with E-state index >= 15 is 0 Å². The molecule has 7 aromatic carbocycles. The third kappa shape index (κ3) is 2.82. The summed E-state index contributed by atoms with van der Waals surface area (Å²) in [6.45, 7) is 0. The molecule has 2 heterocycles. The van der Waals surface area contributed by atoms with Gasteiger partial charge in [0.25, 0.3) is 0 Å². The third-order valence-corrected chi connectivity index (χ3v) is 8.46. The van der Waals surface area contributed by atoms with E-state index in [4.69, 9.17) is 0 Å². The van der Waals surface area contributed by atoms with Gasteiger partial charge in [-0.1, -0.05) is 115 Å². The lowest BCUT2D eigenvalue weighted by Gasteiger charge is -2.13. The normalized spacial score (nSPS) is 12.0. The molecule has 0 amide bonds. The molecule has 186 valence electrons. The first-order valence-electron chi connectivity index (χ1n) is 13.8. The summed E-state index contributed by atoms with van der Waals surface area (Å²) in [5.41, 5.74) is 7.28. The largest absolute Gasteiger partial charge is 0.307 e. The predicted octanol–water partition coefficient (Wildman–Crippen LogP) is 10.2. The van der Waals surface area contributed by atoms with Crippen LogP contribution in [0.4, 0.5) is 0 Å². The average Bonchev–Trinajstić information content (AvgIpc) is 3.55. The Labute approximate surface area is 230 Å². The minimum atomic E-state index is 1.17. The minimum absolute atomic E-state index is 1.17. The fraction of sp³-hybridized carbons (Fsp3) is 0. The molecule has 0 N–H and O–H groups in total. The van der Waals surface area contributed by atoms with Crippen LogP contribution in [0.1, 0.15) is 0 Å². The highest BCUT2D eigenvalue weighted by molar-refractivity contribution is 6.30. The number of hydrogen-bond acceptors (Lipinski definition) is 0. The maximum Gasteiger partial charge on any atom is 0.0789 e. The van der Waals surface area contributed by atoms with Crippen molar-refractivity contribution < 1.29 is 0 Å². The zero-order chi connectivity index (χ0) is 26.2. The quantitative estimate of drug-likeness (QED) is 0.220. The lowest BCUT2D eigenvalue weighted by Crippen LogP contribution is -1.98. The van der Waals surface area contributed by atoms with Crippen LogP contribution in [0.25, 0.3) is 76.5 Å². The summed E-state index contributed by atoms with van der Waals surface area (Å²) in [6, 6.07) is 52.9.